The summed E-state index contributed by atoms with van der Waals surface area (Å²) in [5, 5.41) is 0. The molecular weight excluding hydrogens is 194 g/mol. The fourth-order valence-corrected chi connectivity index (χ4v) is 1.70. The number of rotatable bonds is 6. The monoisotopic (exact) mass is 215 g/mol. The second-order valence-electron chi connectivity index (χ2n) is 4.08. The maximum Gasteiger partial charge on any atom is 0.0428 e. The van der Waals surface area contributed by atoms with Crippen molar-refractivity contribution in [1.29, 1.82) is 0 Å². The van der Waals surface area contributed by atoms with E-state index in [9.17, 15) is 0 Å². The van der Waals surface area contributed by atoms with Crippen molar-refractivity contribution < 1.29 is 0 Å². The highest BCUT2D eigenvalue weighted by atomic mass is 14.7. The van der Waals surface area contributed by atoms with Gasteiger partial charge in [0, 0.05) is 17.5 Å². The lowest BCUT2D eigenvalue weighted by atomic mass is 10.1. The van der Waals surface area contributed by atoms with Gasteiger partial charge in [-0.15, -0.1) is 5.92 Å². The van der Waals surface area contributed by atoms with E-state index in [2.05, 4.69) is 35.9 Å². The van der Waals surface area contributed by atoms with Crippen LogP contribution in [0.25, 0.3) is 0 Å². The zero-order valence-electron chi connectivity index (χ0n) is 10.4. The predicted molar refractivity (Wildman–Crippen MR) is 69.3 cm³/mol. The molecule has 0 radical (unpaired) electrons. The van der Waals surface area contributed by atoms with Crippen molar-refractivity contribution in [3.05, 3.63) is 29.6 Å². The Kier molecular flexibility index (Phi) is 6.33. The lowest BCUT2D eigenvalue weighted by Gasteiger charge is -2.00. The molecule has 0 N–H and O–H groups in total. The molecule has 1 aromatic rings. The van der Waals surface area contributed by atoms with Gasteiger partial charge >= 0.3 is 0 Å². The van der Waals surface area contributed by atoms with E-state index in [4.69, 9.17) is 0 Å². The number of unbranched alkanes of at least 4 members (excludes halogenated alkanes) is 4. The molecule has 0 unspecified atom stereocenters. The van der Waals surface area contributed by atoms with Gasteiger partial charge in [-0.2, -0.15) is 0 Å². The zero-order valence-corrected chi connectivity index (χ0v) is 10.4. The van der Waals surface area contributed by atoms with Gasteiger partial charge < -0.3 is 0 Å². The molecule has 86 valence electrons. The Morgan fingerprint density at radius 1 is 1.12 bits per heavy atom. The third-order valence-corrected chi connectivity index (χ3v) is 2.63. The van der Waals surface area contributed by atoms with Crippen LogP contribution in [-0.4, -0.2) is 4.98 Å². The number of hydrogen-bond acceptors (Lipinski definition) is 1. The third-order valence-electron chi connectivity index (χ3n) is 2.63. The van der Waals surface area contributed by atoms with E-state index in [-0.39, 0.29) is 0 Å². The molecule has 0 saturated heterocycles. The maximum absolute atomic E-state index is 4.41. The molecule has 0 fully saturated rings. The van der Waals surface area contributed by atoms with E-state index in [1.807, 2.05) is 13.1 Å². The van der Waals surface area contributed by atoms with Crippen molar-refractivity contribution in [3.8, 4) is 11.8 Å². The first-order chi connectivity index (χ1) is 7.86. The van der Waals surface area contributed by atoms with Crippen LogP contribution in [0.4, 0.5) is 0 Å². The lowest BCUT2D eigenvalue weighted by molar-refractivity contribution is 0.628. The van der Waals surface area contributed by atoms with Crippen LogP contribution in [0.1, 0.15) is 57.2 Å². The SMILES string of the molecule is CC#Cc1ccc(CCCCCCC)nc1. The van der Waals surface area contributed by atoms with Crippen LogP contribution >= 0.6 is 0 Å². The third kappa shape index (κ3) is 4.98. The Labute approximate surface area is 99.3 Å². The first-order valence-corrected chi connectivity index (χ1v) is 6.24. The average Bonchev–Trinajstić information content (AvgIpc) is 2.31. The molecule has 0 aromatic carbocycles. The highest BCUT2D eigenvalue weighted by Gasteiger charge is 1.95. The van der Waals surface area contributed by atoms with E-state index in [0.29, 0.717) is 0 Å². The molecule has 0 spiro atoms. The molecule has 1 aromatic heterocycles. The van der Waals surface area contributed by atoms with Crippen LogP contribution in [0.3, 0.4) is 0 Å². The molecule has 1 heterocycles. The van der Waals surface area contributed by atoms with Crippen LogP contribution in [0, 0.1) is 11.8 Å². The molecule has 1 nitrogen and oxygen atoms in total. The summed E-state index contributed by atoms with van der Waals surface area (Å²) < 4.78 is 0. The number of hydrogen-bond donors (Lipinski definition) is 0. The highest BCUT2D eigenvalue weighted by molar-refractivity contribution is 5.31. The van der Waals surface area contributed by atoms with Crippen molar-refractivity contribution in [3.63, 3.8) is 0 Å². The summed E-state index contributed by atoms with van der Waals surface area (Å²) in [4.78, 5) is 4.41. The van der Waals surface area contributed by atoms with Gasteiger partial charge in [0.25, 0.3) is 0 Å². The molecule has 0 aliphatic rings. The van der Waals surface area contributed by atoms with Crippen LogP contribution < -0.4 is 0 Å². The van der Waals surface area contributed by atoms with Gasteiger partial charge in [-0.1, -0.05) is 38.5 Å². The largest absolute Gasteiger partial charge is 0.260 e. The van der Waals surface area contributed by atoms with Gasteiger partial charge in [0.1, 0.15) is 0 Å². The number of pyridine rings is 1. The Morgan fingerprint density at radius 3 is 2.56 bits per heavy atom. The molecule has 0 atom stereocenters. The van der Waals surface area contributed by atoms with Gasteiger partial charge in [-0.05, 0) is 31.9 Å². The molecule has 0 saturated carbocycles. The molecule has 0 aliphatic heterocycles. The smallest absolute Gasteiger partial charge is 0.0428 e. The molecule has 0 amide bonds. The second kappa shape index (κ2) is 7.93. The van der Waals surface area contributed by atoms with Crippen LogP contribution in [0.15, 0.2) is 18.3 Å². The fraction of sp³-hybridized carbons (Fsp3) is 0.533. The Bertz CT molecular complexity index is 340. The predicted octanol–water partition coefficient (Wildman–Crippen LogP) is 3.97. The summed E-state index contributed by atoms with van der Waals surface area (Å²) >= 11 is 0. The van der Waals surface area contributed by atoms with Crippen molar-refractivity contribution in [2.45, 2.75) is 52.4 Å². The molecule has 16 heavy (non-hydrogen) atoms. The van der Waals surface area contributed by atoms with E-state index in [1.165, 1.54) is 37.8 Å². The van der Waals surface area contributed by atoms with E-state index in [1.54, 1.807) is 0 Å². The Balaban J connectivity index is 2.28. The lowest BCUT2D eigenvalue weighted by Crippen LogP contribution is -1.90. The summed E-state index contributed by atoms with van der Waals surface area (Å²) in [7, 11) is 0. The topological polar surface area (TPSA) is 12.9 Å². The van der Waals surface area contributed by atoms with Gasteiger partial charge in [-0.25, -0.2) is 0 Å². The summed E-state index contributed by atoms with van der Waals surface area (Å²) in [5.74, 6) is 5.89. The Hall–Kier alpha value is -1.29. The van der Waals surface area contributed by atoms with E-state index >= 15 is 0 Å². The zero-order chi connectivity index (χ0) is 11.6. The maximum atomic E-state index is 4.41. The van der Waals surface area contributed by atoms with Crippen molar-refractivity contribution in [2.24, 2.45) is 0 Å². The minimum absolute atomic E-state index is 1.01. The normalized spacial score (nSPS) is 9.62. The standard InChI is InChI=1S/C15H21N/c1-3-5-6-7-8-10-15-12-11-14(9-4-2)13-16-15/h11-13H,3,5-8,10H2,1-2H3. The summed E-state index contributed by atoms with van der Waals surface area (Å²) in [6, 6.07) is 4.16. The minimum Gasteiger partial charge on any atom is -0.260 e. The van der Waals surface area contributed by atoms with Crippen LogP contribution in [-0.2, 0) is 6.42 Å². The fourth-order valence-electron chi connectivity index (χ4n) is 1.70. The molecular formula is C15H21N. The number of aryl methyl sites for hydroxylation is 1. The van der Waals surface area contributed by atoms with Gasteiger partial charge in [0.05, 0.1) is 0 Å². The van der Waals surface area contributed by atoms with E-state index in [0.717, 1.165) is 12.0 Å². The summed E-state index contributed by atoms with van der Waals surface area (Å²) in [6.07, 6.45) is 9.58. The first kappa shape index (κ1) is 12.8. The average molecular weight is 215 g/mol. The van der Waals surface area contributed by atoms with Crippen molar-refractivity contribution >= 4 is 0 Å². The molecule has 1 heteroatoms. The minimum atomic E-state index is 1.01. The quantitative estimate of drug-likeness (QED) is 0.517. The Morgan fingerprint density at radius 2 is 1.94 bits per heavy atom. The molecule has 0 bridgehead atoms. The van der Waals surface area contributed by atoms with Crippen LogP contribution in [0.5, 0.6) is 0 Å². The second-order valence-corrected chi connectivity index (χ2v) is 4.08. The van der Waals surface area contributed by atoms with Crippen LogP contribution in [0.2, 0.25) is 0 Å². The van der Waals surface area contributed by atoms with Crippen molar-refractivity contribution in [2.75, 3.05) is 0 Å². The van der Waals surface area contributed by atoms with Gasteiger partial charge in [-0.3, -0.25) is 4.98 Å². The highest BCUT2D eigenvalue weighted by Crippen LogP contribution is 2.07. The summed E-state index contributed by atoms with van der Waals surface area (Å²) in [6.45, 7) is 4.09. The van der Waals surface area contributed by atoms with Gasteiger partial charge in [0.15, 0.2) is 0 Å². The molecule has 0 aliphatic carbocycles. The van der Waals surface area contributed by atoms with Crippen molar-refractivity contribution in [1.82, 2.24) is 4.98 Å². The summed E-state index contributed by atoms with van der Waals surface area (Å²) in [5.41, 5.74) is 2.20. The van der Waals surface area contributed by atoms with Gasteiger partial charge in [0.2, 0.25) is 0 Å². The number of nitrogens with zero attached hydrogens (tertiary/aromatic N) is 1. The first-order valence-electron chi connectivity index (χ1n) is 6.24. The van der Waals surface area contributed by atoms with E-state index < -0.39 is 0 Å². The molecule has 1 rings (SSSR count). The number of aromatic nitrogens is 1.